The Hall–Kier alpha value is -2.81. The fraction of sp³-hybridized carbons (Fsp3) is 0.370. The van der Waals surface area contributed by atoms with Gasteiger partial charge in [-0.2, -0.15) is 0 Å². The Morgan fingerprint density at radius 2 is 1.80 bits per heavy atom. The maximum Gasteiger partial charge on any atom is 0.287 e. The maximum absolute atomic E-state index is 4.83. The van der Waals surface area contributed by atoms with E-state index >= 15 is 0 Å². The number of pyridine rings is 1. The molecule has 4 rings (SSSR count). The molecule has 154 valence electrons. The lowest BCUT2D eigenvalue weighted by atomic mass is 9.90. The zero-order valence-corrected chi connectivity index (χ0v) is 19.3. The molecule has 0 saturated heterocycles. The van der Waals surface area contributed by atoms with E-state index in [1.165, 1.54) is 39.1 Å². The second-order valence-electron chi connectivity index (χ2n) is 9.88. The first-order valence-electron chi connectivity index (χ1n) is 10.8. The summed E-state index contributed by atoms with van der Waals surface area (Å²) in [6, 6.07) is 8.93. The number of benzene rings is 1. The van der Waals surface area contributed by atoms with Crippen LogP contribution in [0.1, 0.15) is 60.0 Å². The Bertz CT molecular complexity index is 1150. The first-order chi connectivity index (χ1) is 14.1. The summed E-state index contributed by atoms with van der Waals surface area (Å²) in [7, 11) is 2.10. The van der Waals surface area contributed by atoms with Crippen LogP contribution in [0.4, 0.5) is 0 Å². The maximum atomic E-state index is 4.83. The average Bonchev–Trinajstić information content (AvgIpc) is 3.08. The molecule has 0 amide bonds. The minimum atomic E-state index is 0.239. The highest BCUT2D eigenvalue weighted by molar-refractivity contribution is 5.85. The molecular formula is C27H32N3+. The summed E-state index contributed by atoms with van der Waals surface area (Å²) in [5.74, 6) is 0. The summed E-state index contributed by atoms with van der Waals surface area (Å²) in [5.41, 5.74) is 12.7. The van der Waals surface area contributed by atoms with Crippen molar-refractivity contribution in [2.75, 3.05) is 0 Å². The van der Waals surface area contributed by atoms with E-state index in [4.69, 9.17) is 9.97 Å². The van der Waals surface area contributed by atoms with Gasteiger partial charge in [0.25, 0.3) is 6.33 Å². The molecule has 0 spiro atoms. The number of aromatic nitrogens is 3. The molecule has 3 aromatic rings. The average molecular weight is 399 g/mol. The molecule has 3 heteroatoms. The van der Waals surface area contributed by atoms with Crippen LogP contribution >= 0.6 is 0 Å². The van der Waals surface area contributed by atoms with Gasteiger partial charge in [0.15, 0.2) is 5.69 Å². The van der Waals surface area contributed by atoms with Gasteiger partial charge in [-0.1, -0.05) is 44.5 Å². The van der Waals surface area contributed by atoms with Crippen molar-refractivity contribution in [3.8, 4) is 11.3 Å². The lowest BCUT2D eigenvalue weighted by molar-refractivity contribution is -0.663. The van der Waals surface area contributed by atoms with Crippen LogP contribution in [-0.2, 0) is 19.9 Å². The van der Waals surface area contributed by atoms with E-state index < -0.39 is 0 Å². The van der Waals surface area contributed by atoms with Gasteiger partial charge in [0.1, 0.15) is 5.69 Å². The minimum absolute atomic E-state index is 0.239. The molecule has 0 atom stereocenters. The van der Waals surface area contributed by atoms with Crippen LogP contribution in [-0.4, -0.2) is 9.97 Å². The van der Waals surface area contributed by atoms with Gasteiger partial charge in [0.05, 0.1) is 12.6 Å². The van der Waals surface area contributed by atoms with Gasteiger partial charge in [0.2, 0.25) is 0 Å². The molecule has 0 fully saturated rings. The van der Waals surface area contributed by atoms with Crippen molar-refractivity contribution in [1.82, 2.24) is 9.97 Å². The smallest absolute Gasteiger partial charge is 0.261 e. The molecule has 3 nitrogen and oxygen atoms in total. The van der Waals surface area contributed by atoms with Crippen LogP contribution in [0.3, 0.4) is 0 Å². The summed E-state index contributed by atoms with van der Waals surface area (Å²) in [5, 5.41) is 0. The zero-order chi connectivity index (χ0) is 21.6. The number of nitrogens with zero attached hydrogens (tertiary/aromatic N) is 3. The van der Waals surface area contributed by atoms with Crippen molar-refractivity contribution in [1.29, 1.82) is 0 Å². The fourth-order valence-electron chi connectivity index (χ4n) is 4.46. The standard InChI is InChI=1S/C27H32N3/c1-17-12-18(2)19(3)24(13-17)26-23-11-10-22(25(23)29-16-30(26)7)20-8-9-21(28-15-20)14-27(4,5)6/h8-10,12-13,15-16H,11,14H2,1-7H3/q+1. The van der Waals surface area contributed by atoms with E-state index in [1.54, 1.807) is 0 Å². The van der Waals surface area contributed by atoms with Crippen LogP contribution in [0.5, 0.6) is 0 Å². The van der Waals surface area contributed by atoms with Crippen molar-refractivity contribution in [2.45, 2.75) is 54.4 Å². The summed E-state index contributed by atoms with van der Waals surface area (Å²) >= 11 is 0. The predicted molar refractivity (Wildman–Crippen MR) is 123 cm³/mol. The molecule has 0 saturated carbocycles. The summed E-state index contributed by atoms with van der Waals surface area (Å²) in [6.45, 7) is 13.3. The topological polar surface area (TPSA) is 29.7 Å². The Kier molecular flexibility index (Phi) is 5.09. The van der Waals surface area contributed by atoms with E-state index in [-0.39, 0.29) is 5.41 Å². The molecule has 1 aromatic carbocycles. The number of hydrogen-bond donors (Lipinski definition) is 0. The van der Waals surface area contributed by atoms with Crippen LogP contribution in [0.15, 0.2) is 42.9 Å². The number of hydrogen-bond acceptors (Lipinski definition) is 2. The molecule has 1 aliphatic carbocycles. The van der Waals surface area contributed by atoms with Gasteiger partial charge >= 0.3 is 0 Å². The van der Waals surface area contributed by atoms with Gasteiger partial charge in [-0.25, -0.2) is 4.57 Å². The van der Waals surface area contributed by atoms with Crippen LogP contribution in [0.2, 0.25) is 0 Å². The number of fused-ring (bicyclic) bond motifs is 1. The van der Waals surface area contributed by atoms with E-state index in [2.05, 4.69) is 83.5 Å². The number of allylic oxidation sites excluding steroid dienone is 1. The Morgan fingerprint density at radius 1 is 1.03 bits per heavy atom. The lowest BCUT2D eigenvalue weighted by Gasteiger charge is -2.17. The SMILES string of the molecule is Cc1cc(C)c(C)c(-c2c3c(nc[n+]2C)C(c2ccc(CC(C)(C)C)nc2)=CC3)c1. The van der Waals surface area contributed by atoms with Gasteiger partial charge in [-0.15, -0.1) is 0 Å². The normalized spacial score (nSPS) is 13.4. The zero-order valence-electron chi connectivity index (χ0n) is 19.3. The molecule has 0 unspecified atom stereocenters. The van der Waals surface area contributed by atoms with Gasteiger partial charge < -0.3 is 0 Å². The monoisotopic (exact) mass is 398 g/mol. The van der Waals surface area contributed by atoms with E-state index in [0.29, 0.717) is 0 Å². The van der Waals surface area contributed by atoms with Gasteiger partial charge in [-0.3, -0.25) is 4.98 Å². The lowest BCUT2D eigenvalue weighted by Crippen LogP contribution is -2.33. The molecule has 2 aromatic heterocycles. The van der Waals surface area contributed by atoms with Crippen LogP contribution < -0.4 is 4.57 Å². The number of aryl methyl sites for hydroxylation is 3. The molecule has 0 bridgehead atoms. The quantitative estimate of drug-likeness (QED) is 0.548. The Labute approximate surface area is 180 Å². The van der Waals surface area contributed by atoms with Crippen molar-refractivity contribution >= 4 is 5.57 Å². The van der Waals surface area contributed by atoms with E-state index in [1.807, 2.05) is 12.5 Å². The highest BCUT2D eigenvalue weighted by Gasteiger charge is 2.29. The van der Waals surface area contributed by atoms with Gasteiger partial charge in [-0.05, 0) is 60.9 Å². The molecule has 0 aliphatic heterocycles. The third kappa shape index (κ3) is 3.81. The van der Waals surface area contributed by atoms with Gasteiger partial charge in [0, 0.05) is 35.0 Å². The largest absolute Gasteiger partial charge is 0.287 e. The van der Waals surface area contributed by atoms with Crippen molar-refractivity contribution in [3.05, 3.63) is 82.1 Å². The highest BCUT2D eigenvalue weighted by atomic mass is 15.0. The number of rotatable bonds is 3. The third-order valence-corrected chi connectivity index (χ3v) is 5.96. The molecule has 0 radical (unpaired) electrons. The summed E-state index contributed by atoms with van der Waals surface area (Å²) < 4.78 is 2.17. The second-order valence-corrected chi connectivity index (χ2v) is 9.88. The van der Waals surface area contributed by atoms with Crippen LogP contribution in [0, 0.1) is 26.2 Å². The van der Waals surface area contributed by atoms with Crippen molar-refractivity contribution in [3.63, 3.8) is 0 Å². The molecular weight excluding hydrogens is 366 g/mol. The molecule has 30 heavy (non-hydrogen) atoms. The van der Waals surface area contributed by atoms with Crippen molar-refractivity contribution < 1.29 is 4.57 Å². The first-order valence-corrected chi connectivity index (χ1v) is 10.8. The highest BCUT2D eigenvalue weighted by Crippen LogP contribution is 2.36. The van der Waals surface area contributed by atoms with Crippen LogP contribution in [0.25, 0.3) is 16.8 Å². The minimum Gasteiger partial charge on any atom is -0.261 e. The Balaban J connectivity index is 1.76. The third-order valence-electron chi connectivity index (χ3n) is 5.96. The predicted octanol–water partition coefficient (Wildman–Crippen LogP) is 5.47. The van der Waals surface area contributed by atoms with E-state index in [0.717, 1.165) is 29.8 Å². The molecule has 1 aliphatic rings. The molecule has 0 N–H and O–H groups in total. The molecule has 2 heterocycles. The summed E-state index contributed by atoms with van der Waals surface area (Å²) in [6.07, 6.45) is 8.15. The summed E-state index contributed by atoms with van der Waals surface area (Å²) in [4.78, 5) is 9.57. The Morgan fingerprint density at radius 3 is 2.47 bits per heavy atom. The van der Waals surface area contributed by atoms with E-state index in [9.17, 15) is 0 Å². The fourth-order valence-corrected chi connectivity index (χ4v) is 4.46. The first kappa shape index (κ1) is 20.5. The van der Waals surface area contributed by atoms with Crippen molar-refractivity contribution in [2.24, 2.45) is 12.5 Å². The second kappa shape index (κ2) is 7.46.